The fraction of sp³-hybridized carbons (Fsp3) is 0.192. The van der Waals surface area contributed by atoms with Crippen molar-refractivity contribution in [1.29, 1.82) is 0 Å². The van der Waals surface area contributed by atoms with Crippen molar-refractivity contribution in [2.24, 2.45) is 10.9 Å². The predicted octanol–water partition coefficient (Wildman–Crippen LogP) is 3.25. The number of rotatable bonds is 5. The van der Waals surface area contributed by atoms with Crippen molar-refractivity contribution in [3.05, 3.63) is 89.2 Å². The number of pyridine rings is 1. The number of hydroxylamine groups is 1. The Morgan fingerprint density at radius 2 is 1.70 bits per heavy atom. The number of anilines is 1. The minimum absolute atomic E-state index is 0.0851. The van der Waals surface area contributed by atoms with Gasteiger partial charge in [-0.05, 0) is 48.0 Å². The Labute approximate surface area is 192 Å². The lowest BCUT2D eigenvalue weighted by Gasteiger charge is -2.29. The number of hydrogen-bond acceptors (Lipinski definition) is 6. The molecule has 7 heteroatoms. The van der Waals surface area contributed by atoms with E-state index in [-0.39, 0.29) is 12.5 Å². The van der Waals surface area contributed by atoms with Crippen LogP contribution in [0.25, 0.3) is 0 Å². The zero-order chi connectivity index (χ0) is 23.2. The summed E-state index contributed by atoms with van der Waals surface area (Å²) in [7, 11) is 0. The van der Waals surface area contributed by atoms with E-state index in [1.54, 1.807) is 23.9 Å². The lowest BCUT2D eigenvalue weighted by atomic mass is 9.79. The summed E-state index contributed by atoms with van der Waals surface area (Å²) >= 11 is 0. The van der Waals surface area contributed by atoms with Gasteiger partial charge in [-0.15, -0.1) is 0 Å². The summed E-state index contributed by atoms with van der Waals surface area (Å²) in [5.74, 6) is 5.00. The van der Waals surface area contributed by atoms with Gasteiger partial charge in [0.05, 0.1) is 23.9 Å². The topological polar surface area (TPSA) is 107 Å². The Morgan fingerprint density at radius 3 is 2.33 bits per heavy atom. The van der Waals surface area contributed by atoms with Gasteiger partial charge in [-0.3, -0.25) is 20.0 Å². The summed E-state index contributed by atoms with van der Waals surface area (Å²) in [5, 5.41) is 21.2. The highest BCUT2D eigenvalue weighted by molar-refractivity contribution is 6.08. The fourth-order valence-electron chi connectivity index (χ4n) is 3.91. The first-order valence-electron chi connectivity index (χ1n) is 10.6. The SMILES string of the molecule is CC1C(c2ccc(C#Cc3ccc(NCCO)cc3)cc2)=Nc2ccncc2C1C(=O)NO. The van der Waals surface area contributed by atoms with Crippen LogP contribution in [-0.2, 0) is 4.79 Å². The van der Waals surface area contributed by atoms with Crippen molar-refractivity contribution in [3.63, 3.8) is 0 Å². The monoisotopic (exact) mass is 440 g/mol. The van der Waals surface area contributed by atoms with Crippen LogP contribution < -0.4 is 10.8 Å². The lowest BCUT2D eigenvalue weighted by molar-refractivity contribution is -0.131. The first-order valence-corrected chi connectivity index (χ1v) is 10.6. The molecule has 0 saturated heterocycles. The normalized spacial score (nSPS) is 16.6. The van der Waals surface area contributed by atoms with Gasteiger partial charge in [0.2, 0.25) is 0 Å². The molecule has 1 aromatic heterocycles. The molecule has 33 heavy (non-hydrogen) atoms. The maximum absolute atomic E-state index is 12.4. The number of aliphatic hydroxyl groups excluding tert-OH is 1. The number of carbonyl (C=O) groups is 1. The molecule has 7 nitrogen and oxygen atoms in total. The summed E-state index contributed by atoms with van der Waals surface area (Å²) in [6.45, 7) is 2.51. The third-order valence-corrected chi connectivity index (χ3v) is 5.59. The van der Waals surface area contributed by atoms with Crippen molar-refractivity contribution in [2.75, 3.05) is 18.5 Å². The van der Waals surface area contributed by atoms with Crippen LogP contribution in [0, 0.1) is 17.8 Å². The molecule has 2 heterocycles. The van der Waals surface area contributed by atoms with Crippen molar-refractivity contribution in [1.82, 2.24) is 10.5 Å². The molecular formula is C26H24N4O3. The minimum atomic E-state index is -0.583. The average Bonchev–Trinajstić information content (AvgIpc) is 2.86. The van der Waals surface area contributed by atoms with Crippen LogP contribution in [0.1, 0.15) is 35.1 Å². The van der Waals surface area contributed by atoms with Crippen LogP contribution >= 0.6 is 0 Å². The second-order valence-corrected chi connectivity index (χ2v) is 7.73. The van der Waals surface area contributed by atoms with Gasteiger partial charge in [0.25, 0.3) is 5.91 Å². The van der Waals surface area contributed by atoms with E-state index in [4.69, 9.17) is 10.1 Å². The molecule has 4 N–H and O–H groups in total. The summed E-state index contributed by atoms with van der Waals surface area (Å²) in [5.41, 5.74) is 7.50. The number of hydrogen-bond donors (Lipinski definition) is 4. The molecule has 1 amide bonds. The molecule has 2 atom stereocenters. The van der Waals surface area contributed by atoms with Crippen LogP contribution in [0.2, 0.25) is 0 Å². The van der Waals surface area contributed by atoms with E-state index in [0.717, 1.165) is 28.1 Å². The molecule has 166 valence electrons. The molecule has 0 fully saturated rings. The van der Waals surface area contributed by atoms with Gasteiger partial charge in [-0.1, -0.05) is 30.9 Å². The highest BCUT2D eigenvalue weighted by Crippen LogP contribution is 2.39. The second kappa shape index (κ2) is 10.1. The number of benzene rings is 2. The van der Waals surface area contributed by atoms with E-state index < -0.39 is 11.8 Å². The van der Waals surface area contributed by atoms with Crippen LogP contribution in [0.4, 0.5) is 11.4 Å². The van der Waals surface area contributed by atoms with Crippen LogP contribution in [-0.4, -0.2) is 40.1 Å². The van der Waals surface area contributed by atoms with Crippen LogP contribution in [0.5, 0.6) is 0 Å². The molecule has 2 unspecified atom stereocenters. The Balaban J connectivity index is 1.56. The quantitative estimate of drug-likeness (QED) is 0.277. The third kappa shape index (κ3) is 4.93. The highest BCUT2D eigenvalue weighted by atomic mass is 16.5. The number of carbonyl (C=O) groups excluding carboxylic acids is 1. The molecule has 3 aromatic rings. The first kappa shape index (κ1) is 22.2. The zero-order valence-electron chi connectivity index (χ0n) is 18.1. The van der Waals surface area contributed by atoms with Gasteiger partial charge in [0.1, 0.15) is 0 Å². The Hall–Kier alpha value is -3.99. The van der Waals surface area contributed by atoms with Gasteiger partial charge in [0, 0.05) is 47.2 Å². The summed E-state index contributed by atoms with van der Waals surface area (Å²) in [4.78, 5) is 21.3. The van der Waals surface area contributed by atoms with E-state index in [1.807, 2.05) is 55.5 Å². The number of nitrogens with one attached hydrogen (secondary N) is 2. The van der Waals surface area contributed by atoms with E-state index in [1.165, 1.54) is 0 Å². The molecule has 0 aliphatic carbocycles. The first-order chi connectivity index (χ1) is 16.1. The van der Waals surface area contributed by atoms with E-state index in [0.29, 0.717) is 17.8 Å². The number of aliphatic hydroxyl groups is 1. The molecule has 0 saturated carbocycles. The van der Waals surface area contributed by atoms with Gasteiger partial charge in [-0.2, -0.15) is 0 Å². The molecule has 4 rings (SSSR count). The van der Waals surface area contributed by atoms with Gasteiger partial charge in [-0.25, -0.2) is 5.48 Å². The maximum atomic E-state index is 12.4. The largest absolute Gasteiger partial charge is 0.395 e. The van der Waals surface area contributed by atoms with Crippen molar-refractivity contribution < 1.29 is 15.1 Å². The number of amides is 1. The van der Waals surface area contributed by atoms with Crippen molar-refractivity contribution >= 4 is 23.0 Å². The predicted molar refractivity (Wildman–Crippen MR) is 127 cm³/mol. The Kier molecular flexibility index (Phi) is 6.79. The number of fused-ring (bicyclic) bond motifs is 1. The molecule has 2 aromatic carbocycles. The van der Waals surface area contributed by atoms with Crippen molar-refractivity contribution in [3.8, 4) is 11.8 Å². The van der Waals surface area contributed by atoms with Gasteiger partial charge < -0.3 is 10.4 Å². The minimum Gasteiger partial charge on any atom is -0.395 e. The molecule has 1 aliphatic rings. The van der Waals surface area contributed by atoms with Crippen LogP contribution in [0.15, 0.2) is 72.0 Å². The zero-order valence-corrected chi connectivity index (χ0v) is 18.1. The lowest BCUT2D eigenvalue weighted by Crippen LogP contribution is -2.35. The molecule has 0 spiro atoms. The van der Waals surface area contributed by atoms with E-state index in [9.17, 15) is 10.0 Å². The average molecular weight is 441 g/mol. The Bertz CT molecular complexity index is 1220. The Morgan fingerprint density at radius 1 is 1.03 bits per heavy atom. The maximum Gasteiger partial charge on any atom is 0.251 e. The van der Waals surface area contributed by atoms with E-state index in [2.05, 4.69) is 22.1 Å². The standard InChI is InChI=1S/C26H24N4O3/c1-17-24(26(32)30-33)22-16-27-13-12-23(22)29-25(17)20-8-4-18(5-9-20)2-3-19-6-10-21(11-7-19)28-14-15-31/h4-13,16-17,24,28,31,33H,14-15H2,1H3,(H,30,32). The summed E-state index contributed by atoms with van der Waals surface area (Å²) in [6, 6.07) is 17.2. The number of aromatic nitrogens is 1. The van der Waals surface area contributed by atoms with E-state index >= 15 is 0 Å². The molecule has 0 radical (unpaired) electrons. The fourth-order valence-corrected chi connectivity index (χ4v) is 3.91. The second-order valence-electron chi connectivity index (χ2n) is 7.73. The number of aliphatic imine (C=N–C) groups is 1. The third-order valence-electron chi connectivity index (χ3n) is 5.59. The molecular weight excluding hydrogens is 416 g/mol. The number of nitrogens with zero attached hydrogens (tertiary/aromatic N) is 2. The molecule has 0 bridgehead atoms. The highest BCUT2D eigenvalue weighted by Gasteiger charge is 2.35. The summed E-state index contributed by atoms with van der Waals surface area (Å²) < 4.78 is 0. The summed E-state index contributed by atoms with van der Waals surface area (Å²) in [6.07, 6.45) is 3.26. The smallest absolute Gasteiger partial charge is 0.251 e. The van der Waals surface area contributed by atoms with Crippen LogP contribution in [0.3, 0.4) is 0 Å². The van der Waals surface area contributed by atoms with Gasteiger partial charge in [0.15, 0.2) is 0 Å². The van der Waals surface area contributed by atoms with Crippen molar-refractivity contribution in [2.45, 2.75) is 12.8 Å². The van der Waals surface area contributed by atoms with Gasteiger partial charge >= 0.3 is 0 Å². The molecule has 1 aliphatic heterocycles.